The molecule has 1 aromatic heterocycles. The van der Waals surface area contributed by atoms with Gasteiger partial charge in [-0.15, -0.1) is 0 Å². The summed E-state index contributed by atoms with van der Waals surface area (Å²) >= 11 is 0. The predicted molar refractivity (Wildman–Crippen MR) is 71.2 cm³/mol. The average Bonchev–Trinajstić information content (AvgIpc) is 2.69. The van der Waals surface area contributed by atoms with E-state index in [2.05, 4.69) is 0 Å². The van der Waals surface area contributed by atoms with Crippen LogP contribution < -0.4 is 5.76 Å². The van der Waals surface area contributed by atoms with E-state index < -0.39 is 5.97 Å². The van der Waals surface area contributed by atoms with Crippen LogP contribution in [0.4, 0.5) is 0 Å². The Morgan fingerprint density at radius 1 is 1.16 bits per heavy atom. The lowest BCUT2D eigenvalue weighted by Crippen LogP contribution is -2.14. The molecule has 0 radical (unpaired) electrons. The van der Waals surface area contributed by atoms with E-state index in [4.69, 9.17) is 9.52 Å². The summed E-state index contributed by atoms with van der Waals surface area (Å²) in [6.07, 6.45) is 3.55. The zero-order chi connectivity index (χ0) is 13.7. The summed E-state index contributed by atoms with van der Waals surface area (Å²) in [5, 5.41) is 8.52. The van der Waals surface area contributed by atoms with Gasteiger partial charge < -0.3 is 9.52 Å². The van der Waals surface area contributed by atoms with Crippen LogP contribution >= 0.6 is 0 Å². The quantitative estimate of drug-likeness (QED) is 0.779. The van der Waals surface area contributed by atoms with Crippen molar-refractivity contribution in [1.82, 2.24) is 4.57 Å². The molecule has 5 nitrogen and oxygen atoms in total. The number of unbranched alkanes of at least 4 members (excludes halogenated alkanes) is 3. The Balaban J connectivity index is 1.86. The highest BCUT2D eigenvalue weighted by molar-refractivity contribution is 5.72. The molecule has 0 aliphatic heterocycles. The molecule has 0 saturated heterocycles. The minimum Gasteiger partial charge on any atom is -0.481 e. The first-order valence-electron chi connectivity index (χ1n) is 6.48. The monoisotopic (exact) mass is 263 g/mol. The van der Waals surface area contributed by atoms with Crippen molar-refractivity contribution in [2.75, 3.05) is 0 Å². The first-order chi connectivity index (χ1) is 9.18. The molecule has 102 valence electrons. The molecule has 19 heavy (non-hydrogen) atoms. The van der Waals surface area contributed by atoms with Crippen molar-refractivity contribution in [2.45, 2.75) is 38.6 Å². The number of oxazole rings is 1. The Morgan fingerprint density at radius 3 is 2.68 bits per heavy atom. The van der Waals surface area contributed by atoms with Crippen molar-refractivity contribution in [3.63, 3.8) is 0 Å². The number of hydrogen-bond acceptors (Lipinski definition) is 3. The van der Waals surface area contributed by atoms with Crippen molar-refractivity contribution in [1.29, 1.82) is 0 Å². The minimum atomic E-state index is -0.753. The van der Waals surface area contributed by atoms with E-state index in [1.54, 1.807) is 10.6 Å². The number of benzene rings is 1. The molecule has 0 atom stereocenters. The Morgan fingerprint density at radius 2 is 1.89 bits per heavy atom. The van der Waals surface area contributed by atoms with Crippen LogP contribution in [-0.4, -0.2) is 15.6 Å². The Kier molecular flexibility index (Phi) is 4.39. The molecular weight excluding hydrogens is 246 g/mol. The molecular formula is C14H17NO4. The van der Waals surface area contributed by atoms with Gasteiger partial charge in [-0.3, -0.25) is 9.36 Å². The lowest BCUT2D eigenvalue weighted by molar-refractivity contribution is -0.137. The molecule has 0 saturated carbocycles. The summed E-state index contributed by atoms with van der Waals surface area (Å²) in [5.74, 6) is -1.08. The van der Waals surface area contributed by atoms with Crippen LogP contribution in [0.2, 0.25) is 0 Å². The second-order valence-corrected chi connectivity index (χ2v) is 4.55. The van der Waals surface area contributed by atoms with Crippen LogP contribution in [-0.2, 0) is 11.3 Å². The average molecular weight is 263 g/mol. The predicted octanol–water partition coefficient (Wildman–Crippen LogP) is 2.63. The lowest BCUT2D eigenvalue weighted by Gasteiger charge is -2.02. The van der Waals surface area contributed by atoms with Crippen molar-refractivity contribution >= 4 is 17.1 Å². The van der Waals surface area contributed by atoms with Crippen LogP contribution in [0.25, 0.3) is 11.1 Å². The fourth-order valence-corrected chi connectivity index (χ4v) is 2.13. The van der Waals surface area contributed by atoms with E-state index in [1.807, 2.05) is 18.2 Å². The number of carbonyl (C=O) groups is 1. The number of aromatic nitrogens is 1. The number of carboxylic acid groups (broad SMARTS) is 1. The van der Waals surface area contributed by atoms with Crippen molar-refractivity contribution < 1.29 is 14.3 Å². The van der Waals surface area contributed by atoms with Crippen LogP contribution in [0.5, 0.6) is 0 Å². The maximum Gasteiger partial charge on any atom is 0.419 e. The van der Waals surface area contributed by atoms with Crippen LogP contribution in [0, 0.1) is 0 Å². The van der Waals surface area contributed by atoms with Gasteiger partial charge in [0.2, 0.25) is 0 Å². The molecule has 0 fully saturated rings. The second-order valence-electron chi connectivity index (χ2n) is 4.55. The first kappa shape index (κ1) is 13.4. The standard InChI is InChI=1S/C14H17NO4/c16-13(17)9-3-1-2-6-10-15-11-7-4-5-8-12(11)19-14(15)18/h4-5,7-8H,1-3,6,9-10H2,(H,16,17). The third-order valence-corrected chi connectivity index (χ3v) is 3.10. The number of carboxylic acids is 1. The lowest BCUT2D eigenvalue weighted by atomic mass is 10.1. The van der Waals surface area contributed by atoms with Crippen LogP contribution in [0.15, 0.2) is 33.5 Å². The zero-order valence-corrected chi connectivity index (χ0v) is 10.7. The van der Waals surface area contributed by atoms with Crippen molar-refractivity contribution in [2.24, 2.45) is 0 Å². The van der Waals surface area contributed by atoms with Gasteiger partial charge in [-0.2, -0.15) is 0 Å². The highest BCUT2D eigenvalue weighted by Crippen LogP contribution is 2.13. The second kappa shape index (κ2) is 6.22. The fraction of sp³-hybridized carbons (Fsp3) is 0.429. The number of fused-ring (bicyclic) bond motifs is 1. The molecule has 1 heterocycles. The fourth-order valence-electron chi connectivity index (χ4n) is 2.13. The van der Waals surface area contributed by atoms with E-state index >= 15 is 0 Å². The molecule has 1 aromatic carbocycles. The Labute approximate surface area is 110 Å². The molecule has 0 bridgehead atoms. The summed E-state index contributed by atoms with van der Waals surface area (Å²) < 4.78 is 6.77. The molecule has 5 heteroatoms. The van der Waals surface area contributed by atoms with E-state index in [1.165, 1.54) is 0 Å². The summed E-state index contributed by atoms with van der Waals surface area (Å²) in [6, 6.07) is 7.35. The van der Waals surface area contributed by atoms with Gasteiger partial charge in [0.25, 0.3) is 0 Å². The molecule has 0 spiro atoms. The molecule has 2 rings (SSSR count). The van der Waals surface area contributed by atoms with Crippen LogP contribution in [0.1, 0.15) is 32.1 Å². The maximum absolute atomic E-state index is 11.7. The van der Waals surface area contributed by atoms with E-state index in [0.717, 1.165) is 24.8 Å². The van der Waals surface area contributed by atoms with Gasteiger partial charge in [0.1, 0.15) is 0 Å². The molecule has 0 amide bonds. The third-order valence-electron chi connectivity index (χ3n) is 3.10. The van der Waals surface area contributed by atoms with Gasteiger partial charge >= 0.3 is 11.7 Å². The number of aliphatic carboxylic acids is 1. The molecule has 1 N–H and O–H groups in total. The molecule has 0 unspecified atom stereocenters. The highest BCUT2D eigenvalue weighted by Gasteiger charge is 2.07. The van der Waals surface area contributed by atoms with Gasteiger partial charge in [-0.25, -0.2) is 4.79 Å². The van der Waals surface area contributed by atoms with E-state index in [9.17, 15) is 9.59 Å². The smallest absolute Gasteiger partial charge is 0.419 e. The maximum atomic E-state index is 11.7. The van der Waals surface area contributed by atoms with Gasteiger partial charge in [0.15, 0.2) is 5.58 Å². The van der Waals surface area contributed by atoms with E-state index in [0.29, 0.717) is 18.5 Å². The first-order valence-corrected chi connectivity index (χ1v) is 6.48. The minimum absolute atomic E-state index is 0.217. The largest absolute Gasteiger partial charge is 0.481 e. The van der Waals surface area contributed by atoms with Crippen LogP contribution in [0.3, 0.4) is 0 Å². The highest BCUT2D eigenvalue weighted by atomic mass is 16.4. The number of aryl methyl sites for hydroxylation is 1. The summed E-state index contributed by atoms with van der Waals surface area (Å²) in [5.41, 5.74) is 1.43. The Bertz CT molecular complexity index is 611. The topological polar surface area (TPSA) is 72.4 Å². The summed E-state index contributed by atoms with van der Waals surface area (Å²) in [6.45, 7) is 0.614. The normalized spacial score (nSPS) is 10.9. The van der Waals surface area contributed by atoms with Crippen molar-refractivity contribution in [3.8, 4) is 0 Å². The zero-order valence-electron chi connectivity index (χ0n) is 10.7. The number of para-hydroxylation sites is 2. The number of hydrogen-bond donors (Lipinski definition) is 1. The van der Waals surface area contributed by atoms with Gasteiger partial charge in [0, 0.05) is 13.0 Å². The molecule has 2 aromatic rings. The Hall–Kier alpha value is -2.04. The van der Waals surface area contributed by atoms with Gasteiger partial charge in [-0.05, 0) is 25.0 Å². The SMILES string of the molecule is O=C(O)CCCCCCn1c(=O)oc2ccccc21. The van der Waals surface area contributed by atoms with Gasteiger partial charge in [-0.1, -0.05) is 25.0 Å². The summed E-state index contributed by atoms with van der Waals surface area (Å²) in [7, 11) is 0. The molecule has 0 aliphatic rings. The summed E-state index contributed by atoms with van der Waals surface area (Å²) in [4.78, 5) is 22.0. The van der Waals surface area contributed by atoms with E-state index in [-0.39, 0.29) is 12.2 Å². The number of rotatable bonds is 7. The number of nitrogens with zero attached hydrogens (tertiary/aromatic N) is 1. The van der Waals surface area contributed by atoms with Crippen molar-refractivity contribution in [3.05, 3.63) is 34.8 Å². The molecule has 0 aliphatic carbocycles. The van der Waals surface area contributed by atoms with Gasteiger partial charge in [0.05, 0.1) is 5.52 Å². The third kappa shape index (κ3) is 3.47.